The number of ether oxygens (including phenoxy) is 1. The van der Waals surface area contributed by atoms with Crippen molar-refractivity contribution in [3.63, 3.8) is 0 Å². The van der Waals surface area contributed by atoms with Gasteiger partial charge in [0.05, 0.1) is 39.4 Å². The van der Waals surface area contributed by atoms with Crippen molar-refractivity contribution < 1.29 is 36.0 Å². The van der Waals surface area contributed by atoms with E-state index in [1.54, 1.807) is 6.07 Å². The molecule has 0 atom stereocenters. The Morgan fingerprint density at radius 1 is 1.16 bits per heavy atom. The molecule has 0 spiro atoms. The highest BCUT2D eigenvalue weighted by molar-refractivity contribution is 7.92. The maximum absolute atomic E-state index is 13.4. The summed E-state index contributed by atoms with van der Waals surface area (Å²) < 4.78 is 72.2. The molecule has 1 N–H and O–H groups in total. The van der Waals surface area contributed by atoms with E-state index in [9.17, 15) is 36.5 Å². The number of amides is 1. The van der Waals surface area contributed by atoms with Crippen LogP contribution in [0.25, 0.3) is 0 Å². The number of sulfonamides is 1. The van der Waals surface area contributed by atoms with Crippen LogP contribution in [-0.4, -0.2) is 39.1 Å². The van der Waals surface area contributed by atoms with Crippen molar-refractivity contribution >= 4 is 45.1 Å². The van der Waals surface area contributed by atoms with Crippen LogP contribution in [0.2, 0.25) is 5.02 Å². The molecule has 0 aromatic heterocycles. The molecular formula is C23H18ClF3N4O6S. The maximum Gasteiger partial charge on any atom is 0.417 e. The smallest absolute Gasteiger partial charge is 0.417 e. The van der Waals surface area contributed by atoms with Gasteiger partial charge in [-0.1, -0.05) is 29.8 Å². The van der Waals surface area contributed by atoms with Gasteiger partial charge in [-0.15, -0.1) is 0 Å². The standard InChI is InChI=1S/C23H18ClF3N4O6S/c1-37-21-10-7-15(11-20(21)31(33)34)13-28-29-22(32)14-30(38(35,36)17-5-3-2-4-6-17)16-8-9-19(24)18(12-16)23(25,26)27/h2-13H,14H2,1H3,(H,29,32)/b28-13-. The number of nitro benzene ring substituents is 1. The van der Waals surface area contributed by atoms with Crippen LogP contribution >= 0.6 is 11.6 Å². The first-order valence-electron chi connectivity index (χ1n) is 10.4. The number of nitro groups is 1. The minimum atomic E-state index is -4.89. The van der Waals surface area contributed by atoms with Crippen LogP contribution in [0.3, 0.4) is 0 Å². The fraction of sp³-hybridized carbons (Fsp3) is 0.130. The fourth-order valence-corrected chi connectivity index (χ4v) is 4.85. The van der Waals surface area contributed by atoms with E-state index in [2.05, 4.69) is 10.5 Å². The zero-order valence-electron chi connectivity index (χ0n) is 19.3. The molecule has 0 radical (unpaired) electrons. The summed E-state index contributed by atoms with van der Waals surface area (Å²) in [6.07, 6.45) is -3.83. The van der Waals surface area contributed by atoms with Gasteiger partial charge in [0.1, 0.15) is 6.54 Å². The number of halogens is 4. The first kappa shape index (κ1) is 28.4. The Balaban J connectivity index is 1.91. The number of hydrazone groups is 1. The van der Waals surface area contributed by atoms with Crippen LogP contribution in [0, 0.1) is 10.1 Å². The van der Waals surface area contributed by atoms with E-state index in [0.29, 0.717) is 10.4 Å². The van der Waals surface area contributed by atoms with Gasteiger partial charge in [0.15, 0.2) is 5.75 Å². The number of nitrogens with zero attached hydrogens (tertiary/aromatic N) is 3. The van der Waals surface area contributed by atoms with Crippen LogP contribution in [0.1, 0.15) is 11.1 Å². The molecule has 0 aliphatic heterocycles. The van der Waals surface area contributed by atoms with Crippen molar-refractivity contribution in [3.05, 3.63) is 93.0 Å². The molecule has 0 fully saturated rings. The summed E-state index contributed by atoms with van der Waals surface area (Å²) in [6.45, 7) is -0.948. The van der Waals surface area contributed by atoms with Gasteiger partial charge < -0.3 is 4.74 Å². The molecule has 0 aliphatic carbocycles. The van der Waals surface area contributed by atoms with Gasteiger partial charge in [-0.3, -0.25) is 19.2 Å². The first-order valence-corrected chi connectivity index (χ1v) is 12.2. The van der Waals surface area contributed by atoms with E-state index in [0.717, 1.165) is 24.4 Å². The second-order valence-electron chi connectivity index (χ2n) is 7.47. The van der Waals surface area contributed by atoms with Gasteiger partial charge in [0, 0.05) is 11.6 Å². The summed E-state index contributed by atoms with van der Waals surface area (Å²) >= 11 is 5.66. The number of nitrogens with one attached hydrogen (secondary N) is 1. The monoisotopic (exact) mass is 570 g/mol. The van der Waals surface area contributed by atoms with E-state index in [1.165, 1.54) is 43.5 Å². The highest BCUT2D eigenvalue weighted by Crippen LogP contribution is 2.38. The summed E-state index contributed by atoms with van der Waals surface area (Å²) in [7, 11) is -3.25. The predicted molar refractivity (Wildman–Crippen MR) is 133 cm³/mol. The Morgan fingerprint density at radius 2 is 1.84 bits per heavy atom. The van der Waals surface area contributed by atoms with E-state index < -0.39 is 49.8 Å². The zero-order valence-corrected chi connectivity index (χ0v) is 20.9. The normalized spacial score (nSPS) is 11.8. The molecular weight excluding hydrogens is 553 g/mol. The Labute approximate surface area is 219 Å². The minimum absolute atomic E-state index is 0.000799. The Hall–Kier alpha value is -4.17. The summed E-state index contributed by atoms with van der Waals surface area (Å²) in [6, 6.07) is 13.1. The summed E-state index contributed by atoms with van der Waals surface area (Å²) in [5.74, 6) is -1.01. The number of benzene rings is 3. The Kier molecular flexibility index (Phi) is 8.58. The minimum Gasteiger partial charge on any atom is -0.490 e. The largest absolute Gasteiger partial charge is 0.490 e. The number of carbonyl (C=O) groups excluding carboxylic acids is 1. The SMILES string of the molecule is COc1ccc(/C=N\NC(=O)CN(c2ccc(Cl)c(C(F)(F)F)c2)S(=O)(=O)c2ccccc2)cc1[N+](=O)[O-]. The van der Waals surface area contributed by atoms with Crippen molar-refractivity contribution in [1.29, 1.82) is 0 Å². The lowest BCUT2D eigenvalue weighted by Gasteiger charge is -2.24. The lowest BCUT2D eigenvalue weighted by Crippen LogP contribution is -2.39. The van der Waals surface area contributed by atoms with Gasteiger partial charge in [-0.2, -0.15) is 18.3 Å². The van der Waals surface area contributed by atoms with E-state index in [1.807, 2.05) is 0 Å². The molecule has 200 valence electrons. The lowest BCUT2D eigenvalue weighted by molar-refractivity contribution is -0.385. The van der Waals surface area contributed by atoms with Gasteiger partial charge in [-0.25, -0.2) is 13.8 Å². The summed E-state index contributed by atoms with van der Waals surface area (Å²) in [5, 5.41) is 14.2. The first-order chi connectivity index (χ1) is 17.8. The van der Waals surface area contributed by atoms with Crippen LogP contribution in [0.5, 0.6) is 5.75 Å². The van der Waals surface area contributed by atoms with Crippen LogP contribution in [0.15, 0.2) is 76.7 Å². The third kappa shape index (κ3) is 6.58. The lowest BCUT2D eigenvalue weighted by atomic mass is 10.2. The molecule has 38 heavy (non-hydrogen) atoms. The Morgan fingerprint density at radius 3 is 2.45 bits per heavy atom. The number of rotatable bonds is 9. The molecule has 0 unspecified atom stereocenters. The number of hydrogen-bond donors (Lipinski definition) is 1. The average Bonchev–Trinajstić information content (AvgIpc) is 2.87. The maximum atomic E-state index is 13.4. The molecule has 0 saturated carbocycles. The molecule has 3 aromatic carbocycles. The average molecular weight is 571 g/mol. The molecule has 15 heteroatoms. The molecule has 1 amide bonds. The number of carbonyl (C=O) groups is 1. The number of anilines is 1. The zero-order chi connectivity index (χ0) is 28.1. The number of alkyl halides is 3. The van der Waals surface area contributed by atoms with Gasteiger partial charge >= 0.3 is 11.9 Å². The van der Waals surface area contributed by atoms with Crippen molar-refractivity contribution in [2.75, 3.05) is 18.0 Å². The summed E-state index contributed by atoms with van der Waals surface area (Å²) in [4.78, 5) is 22.8. The van der Waals surface area contributed by atoms with Gasteiger partial charge in [0.2, 0.25) is 0 Å². The molecule has 3 aromatic rings. The molecule has 0 bridgehead atoms. The van der Waals surface area contributed by atoms with Crippen LogP contribution < -0.4 is 14.5 Å². The second kappa shape index (κ2) is 11.5. The predicted octanol–water partition coefficient (Wildman–Crippen LogP) is 4.62. The molecule has 0 heterocycles. The molecule has 0 saturated heterocycles. The van der Waals surface area contributed by atoms with Crippen molar-refractivity contribution in [1.82, 2.24) is 5.43 Å². The fourth-order valence-electron chi connectivity index (χ4n) is 3.19. The highest BCUT2D eigenvalue weighted by atomic mass is 35.5. The van der Waals surface area contributed by atoms with E-state index in [-0.39, 0.29) is 21.9 Å². The van der Waals surface area contributed by atoms with Crippen molar-refractivity contribution in [2.45, 2.75) is 11.1 Å². The summed E-state index contributed by atoms with van der Waals surface area (Å²) in [5.41, 5.74) is 0.165. The topological polar surface area (TPSA) is 131 Å². The van der Waals surface area contributed by atoms with Crippen molar-refractivity contribution in [2.24, 2.45) is 5.10 Å². The van der Waals surface area contributed by atoms with Gasteiger partial charge in [-0.05, 0) is 42.5 Å². The highest BCUT2D eigenvalue weighted by Gasteiger charge is 2.35. The second-order valence-corrected chi connectivity index (χ2v) is 9.74. The quantitative estimate of drug-likeness (QED) is 0.227. The van der Waals surface area contributed by atoms with Crippen molar-refractivity contribution in [3.8, 4) is 5.75 Å². The third-order valence-electron chi connectivity index (χ3n) is 4.96. The number of methoxy groups -OCH3 is 1. The van der Waals surface area contributed by atoms with E-state index in [4.69, 9.17) is 16.3 Å². The molecule has 3 rings (SSSR count). The van der Waals surface area contributed by atoms with Crippen LogP contribution in [0.4, 0.5) is 24.5 Å². The van der Waals surface area contributed by atoms with Crippen LogP contribution in [-0.2, 0) is 21.0 Å². The van der Waals surface area contributed by atoms with Gasteiger partial charge in [0.25, 0.3) is 15.9 Å². The van der Waals surface area contributed by atoms with E-state index >= 15 is 0 Å². The number of hydrogen-bond acceptors (Lipinski definition) is 7. The third-order valence-corrected chi connectivity index (χ3v) is 7.08. The molecule has 10 nitrogen and oxygen atoms in total. The molecule has 0 aliphatic rings. The Bertz CT molecular complexity index is 1480.